The molecule has 20 heavy (non-hydrogen) atoms. The molecule has 110 valence electrons. The van der Waals surface area contributed by atoms with Crippen molar-refractivity contribution in [3.05, 3.63) is 32.1 Å². The van der Waals surface area contributed by atoms with E-state index in [-0.39, 0.29) is 6.61 Å². The molecule has 0 unspecified atom stereocenters. The first kappa shape index (κ1) is 15.5. The molecule has 1 rings (SSSR count). The summed E-state index contributed by atoms with van der Waals surface area (Å²) in [6.07, 6.45) is -4.84. The van der Waals surface area contributed by atoms with E-state index < -0.39 is 39.8 Å². The van der Waals surface area contributed by atoms with Crippen LogP contribution in [0.1, 0.15) is 17.3 Å². The third-order valence-electron chi connectivity index (χ3n) is 1.92. The molecule has 0 spiro atoms. The third kappa shape index (κ3) is 3.46. The van der Waals surface area contributed by atoms with Gasteiger partial charge in [-0.1, -0.05) is 0 Å². The van der Waals surface area contributed by atoms with Gasteiger partial charge in [0.15, 0.2) is 0 Å². The normalized spacial score (nSPS) is 11.0. The van der Waals surface area contributed by atoms with Crippen LogP contribution in [0.2, 0.25) is 0 Å². The van der Waals surface area contributed by atoms with Gasteiger partial charge in [-0.2, -0.15) is 0 Å². The Balaban J connectivity index is 3.43. The van der Waals surface area contributed by atoms with Crippen molar-refractivity contribution in [2.75, 3.05) is 6.61 Å². The van der Waals surface area contributed by atoms with Crippen LogP contribution in [0.4, 0.5) is 19.0 Å². The molecule has 11 heteroatoms. The van der Waals surface area contributed by atoms with Crippen LogP contribution in [-0.2, 0) is 4.74 Å². The van der Waals surface area contributed by atoms with E-state index in [9.17, 15) is 32.9 Å². The smallest absolute Gasteiger partial charge is 0.462 e. The first-order chi connectivity index (χ1) is 9.17. The van der Waals surface area contributed by atoms with Crippen LogP contribution in [0.15, 0.2) is 11.0 Å². The van der Waals surface area contributed by atoms with Crippen LogP contribution in [0.3, 0.4) is 0 Å². The van der Waals surface area contributed by atoms with Gasteiger partial charge in [0.2, 0.25) is 16.7 Å². The Hall–Kier alpha value is -2.59. The van der Waals surface area contributed by atoms with Crippen molar-refractivity contribution in [3.63, 3.8) is 0 Å². The summed E-state index contributed by atoms with van der Waals surface area (Å²) in [5, 5.41) is 10.6. The molecule has 0 bridgehead atoms. The minimum Gasteiger partial charge on any atom is -0.462 e. The molecule has 0 saturated carbocycles. The Morgan fingerprint density at radius 2 is 2.10 bits per heavy atom. The van der Waals surface area contributed by atoms with Gasteiger partial charge in [0.1, 0.15) is 6.20 Å². The van der Waals surface area contributed by atoms with Crippen LogP contribution >= 0.6 is 0 Å². The quantitative estimate of drug-likeness (QED) is 0.510. The van der Waals surface area contributed by atoms with Gasteiger partial charge in [0.25, 0.3) is 0 Å². The maximum atomic E-state index is 12.0. The van der Waals surface area contributed by atoms with Gasteiger partial charge < -0.3 is 19.6 Å². The van der Waals surface area contributed by atoms with Crippen molar-refractivity contribution < 1.29 is 32.4 Å². The molecular weight excluding hydrogens is 289 g/mol. The van der Waals surface area contributed by atoms with Gasteiger partial charge in [0.05, 0.1) is 6.61 Å². The lowest BCUT2D eigenvalue weighted by Crippen LogP contribution is -2.26. The molecule has 0 aliphatic carbocycles. The number of nitrogens with one attached hydrogen (secondary N) is 1. The number of ether oxygens (including phenoxy) is 2. The van der Waals surface area contributed by atoms with E-state index in [1.807, 2.05) is 0 Å². The second-order valence-electron chi connectivity index (χ2n) is 3.23. The van der Waals surface area contributed by atoms with E-state index in [1.165, 1.54) is 6.92 Å². The first-order valence-corrected chi connectivity index (χ1v) is 5.00. The zero-order valence-electron chi connectivity index (χ0n) is 9.82. The summed E-state index contributed by atoms with van der Waals surface area (Å²) in [6, 6.07) is 0. The van der Waals surface area contributed by atoms with Crippen molar-refractivity contribution >= 4 is 11.8 Å². The lowest BCUT2D eigenvalue weighted by Gasteiger charge is -2.08. The van der Waals surface area contributed by atoms with Crippen molar-refractivity contribution in [1.82, 2.24) is 4.98 Å². The molecule has 0 aliphatic rings. The molecule has 0 atom stereocenters. The molecule has 0 radical (unpaired) electrons. The molecule has 0 saturated heterocycles. The first-order valence-electron chi connectivity index (χ1n) is 5.00. The number of carbonyl (C=O) groups is 1. The Morgan fingerprint density at radius 3 is 2.55 bits per heavy atom. The minimum atomic E-state index is -5.19. The molecule has 0 amide bonds. The molecule has 1 aromatic heterocycles. The third-order valence-corrected chi connectivity index (χ3v) is 1.92. The number of pyridine rings is 1. The average Bonchev–Trinajstić information content (AvgIpc) is 2.29. The topological polar surface area (TPSA) is 112 Å². The zero-order valence-corrected chi connectivity index (χ0v) is 9.82. The van der Waals surface area contributed by atoms with E-state index in [0.717, 1.165) is 0 Å². The van der Waals surface area contributed by atoms with Crippen LogP contribution < -0.4 is 10.2 Å². The summed E-state index contributed by atoms with van der Waals surface area (Å²) >= 11 is 0. The Bertz CT molecular complexity index is 594. The van der Waals surface area contributed by atoms with E-state index >= 15 is 0 Å². The predicted molar refractivity (Wildman–Crippen MR) is 56.4 cm³/mol. The Kier molecular flexibility index (Phi) is 4.32. The molecule has 0 aliphatic heterocycles. The van der Waals surface area contributed by atoms with Crippen LogP contribution in [0.25, 0.3) is 0 Å². The summed E-state index contributed by atoms with van der Waals surface area (Å²) in [5.74, 6) is -3.80. The van der Waals surface area contributed by atoms with Gasteiger partial charge >= 0.3 is 18.1 Å². The lowest BCUT2D eigenvalue weighted by atomic mass is 10.2. The number of esters is 1. The van der Waals surface area contributed by atoms with Gasteiger partial charge in [-0.05, 0) is 11.8 Å². The molecule has 1 aromatic rings. The molecule has 8 nitrogen and oxygen atoms in total. The molecule has 1 N–H and O–H groups in total. The number of nitro groups is 1. The highest BCUT2D eigenvalue weighted by Crippen LogP contribution is 2.22. The summed E-state index contributed by atoms with van der Waals surface area (Å²) in [7, 11) is 0. The van der Waals surface area contributed by atoms with Gasteiger partial charge in [-0.25, -0.2) is 9.78 Å². The fraction of sp³-hybridized carbons (Fsp3) is 0.333. The maximum Gasteiger partial charge on any atom is 0.573 e. The van der Waals surface area contributed by atoms with Crippen LogP contribution in [0, 0.1) is 10.1 Å². The number of nitrogens with zero attached hydrogens (tertiary/aromatic N) is 1. The number of halogens is 3. The highest BCUT2D eigenvalue weighted by atomic mass is 19.4. The van der Waals surface area contributed by atoms with Crippen molar-refractivity contribution in [2.45, 2.75) is 13.3 Å². The largest absolute Gasteiger partial charge is 0.573 e. The number of hydrogen-bond donors (Lipinski definition) is 1. The molecule has 0 fully saturated rings. The van der Waals surface area contributed by atoms with Gasteiger partial charge in [0, 0.05) is 0 Å². The summed E-state index contributed by atoms with van der Waals surface area (Å²) in [6.45, 7) is 1.13. The minimum absolute atomic E-state index is 0.222. The average molecular weight is 296 g/mol. The second kappa shape index (κ2) is 5.59. The number of aromatic amines is 1. The highest BCUT2D eigenvalue weighted by Gasteiger charge is 2.35. The fourth-order valence-corrected chi connectivity index (χ4v) is 1.24. The number of aromatic nitrogens is 1. The van der Waals surface area contributed by atoms with Crippen molar-refractivity contribution in [3.8, 4) is 5.75 Å². The highest BCUT2D eigenvalue weighted by molar-refractivity contribution is 5.93. The lowest BCUT2D eigenvalue weighted by molar-refractivity contribution is -0.390. The van der Waals surface area contributed by atoms with Crippen LogP contribution in [-0.4, -0.2) is 28.8 Å². The number of rotatable bonds is 4. The summed E-state index contributed by atoms with van der Waals surface area (Å²) in [5.41, 5.74) is -2.76. The second-order valence-corrected chi connectivity index (χ2v) is 3.23. The number of hydrogen-bond acceptors (Lipinski definition) is 6. The summed E-state index contributed by atoms with van der Waals surface area (Å²) < 4.78 is 43.9. The standard InChI is InChI=1S/C9H7F3N2O6/c1-2-19-8(16)5-6(15)4(20-9(10,11)12)3-13-7(5)14(17)18/h3H,2H2,1H3,(H,13,15). The Morgan fingerprint density at radius 1 is 1.50 bits per heavy atom. The molecule has 1 heterocycles. The van der Waals surface area contributed by atoms with Gasteiger partial charge in [-0.15, -0.1) is 13.2 Å². The van der Waals surface area contributed by atoms with E-state index in [2.05, 4.69) is 9.47 Å². The number of alkyl halides is 3. The van der Waals surface area contributed by atoms with E-state index in [0.29, 0.717) is 6.20 Å². The monoisotopic (exact) mass is 296 g/mol. The predicted octanol–water partition coefficient (Wildman–Crippen LogP) is 1.36. The molecule has 0 aromatic carbocycles. The fourth-order valence-electron chi connectivity index (χ4n) is 1.24. The molecular formula is C9H7F3N2O6. The number of H-pyrrole nitrogens is 1. The van der Waals surface area contributed by atoms with Crippen molar-refractivity contribution in [1.29, 1.82) is 0 Å². The SMILES string of the molecule is CCOC(=O)c1c([N+](=O)[O-])[nH]cc(OC(F)(F)F)c1=O. The zero-order chi connectivity index (χ0) is 15.5. The van der Waals surface area contributed by atoms with Crippen LogP contribution in [0.5, 0.6) is 5.75 Å². The van der Waals surface area contributed by atoms with E-state index in [4.69, 9.17) is 0 Å². The van der Waals surface area contributed by atoms with Crippen molar-refractivity contribution in [2.24, 2.45) is 0 Å². The Labute approximate surface area is 108 Å². The van der Waals surface area contributed by atoms with Gasteiger partial charge in [-0.3, -0.25) is 4.79 Å². The summed E-state index contributed by atoms with van der Waals surface area (Å²) in [4.78, 5) is 34.4. The van der Waals surface area contributed by atoms with E-state index in [1.54, 1.807) is 4.98 Å². The number of carbonyl (C=O) groups excluding carboxylic acids is 1. The maximum absolute atomic E-state index is 12.0.